The molecule has 0 saturated carbocycles. The van der Waals surface area contributed by atoms with Crippen LogP contribution in [0.2, 0.25) is 0 Å². The van der Waals surface area contributed by atoms with Gasteiger partial charge in [0, 0.05) is 19.0 Å². The summed E-state index contributed by atoms with van der Waals surface area (Å²) in [5.74, 6) is 0.0343. The molecule has 4 heterocycles. The normalized spacial score (nSPS) is 15.0. The van der Waals surface area contributed by atoms with E-state index in [2.05, 4.69) is 10.3 Å². The van der Waals surface area contributed by atoms with Crippen molar-refractivity contribution in [1.82, 2.24) is 14.5 Å². The number of nitrogens with zero attached hydrogens (tertiary/aromatic N) is 3. The van der Waals surface area contributed by atoms with Gasteiger partial charge in [-0.05, 0) is 55.3 Å². The number of halogens is 3. The molecule has 1 N–H and O–H groups in total. The summed E-state index contributed by atoms with van der Waals surface area (Å²) in [5, 5.41) is 2.78. The molecule has 2 amide bonds. The lowest BCUT2D eigenvalue weighted by Gasteiger charge is -2.30. The number of carbonyl (C=O) groups excluding carboxylic acids is 2. The number of benzene rings is 1. The number of fused-ring (bicyclic) bond motifs is 1. The van der Waals surface area contributed by atoms with Crippen molar-refractivity contribution in [1.29, 1.82) is 0 Å². The van der Waals surface area contributed by atoms with Gasteiger partial charge in [-0.15, -0.1) is 0 Å². The zero-order valence-corrected chi connectivity index (χ0v) is 18.4. The van der Waals surface area contributed by atoms with Gasteiger partial charge in [0.1, 0.15) is 5.76 Å². The summed E-state index contributed by atoms with van der Waals surface area (Å²) < 4.78 is 51.8. The Hall–Kier alpha value is -4.02. The van der Waals surface area contributed by atoms with E-state index in [0.717, 1.165) is 12.1 Å². The summed E-state index contributed by atoms with van der Waals surface area (Å²) in [7, 11) is 0. The number of carbonyl (C=O) groups is 2. The van der Waals surface area contributed by atoms with Crippen molar-refractivity contribution in [2.24, 2.45) is 5.92 Å². The molecule has 3 aromatic heterocycles. The summed E-state index contributed by atoms with van der Waals surface area (Å²) in [4.78, 5) is 31.4. The number of piperidine rings is 1. The Morgan fingerprint density at radius 1 is 1.06 bits per heavy atom. The molecule has 0 aliphatic carbocycles. The number of nitrogens with one attached hydrogen (secondary N) is 1. The van der Waals surface area contributed by atoms with E-state index in [9.17, 15) is 22.8 Å². The molecular weight excluding hydrogens is 465 g/mol. The number of anilines is 1. The first-order valence-electron chi connectivity index (χ1n) is 11.0. The number of likely N-dealkylation sites (tertiary alicyclic amines) is 1. The van der Waals surface area contributed by atoms with E-state index >= 15 is 0 Å². The number of amides is 2. The summed E-state index contributed by atoms with van der Waals surface area (Å²) >= 11 is 0. The first-order chi connectivity index (χ1) is 16.8. The van der Waals surface area contributed by atoms with E-state index < -0.39 is 11.7 Å². The predicted octanol–water partition coefficient (Wildman–Crippen LogP) is 4.78. The van der Waals surface area contributed by atoms with Crippen LogP contribution in [-0.2, 0) is 17.5 Å². The van der Waals surface area contributed by atoms with Crippen LogP contribution in [0.4, 0.5) is 19.1 Å². The van der Waals surface area contributed by atoms with Crippen LogP contribution in [0.3, 0.4) is 0 Å². The molecule has 5 rings (SSSR count). The molecular formula is C24H21F3N4O4. The monoisotopic (exact) mass is 486 g/mol. The molecule has 11 heteroatoms. The zero-order valence-electron chi connectivity index (χ0n) is 18.4. The van der Waals surface area contributed by atoms with Crippen molar-refractivity contribution < 1.29 is 31.6 Å². The average molecular weight is 486 g/mol. The van der Waals surface area contributed by atoms with Crippen LogP contribution >= 0.6 is 0 Å². The molecule has 0 unspecified atom stereocenters. The average Bonchev–Trinajstić information content (AvgIpc) is 3.61. The van der Waals surface area contributed by atoms with E-state index in [-0.39, 0.29) is 41.5 Å². The Bertz CT molecular complexity index is 1340. The van der Waals surface area contributed by atoms with Gasteiger partial charge in [-0.25, -0.2) is 4.98 Å². The van der Waals surface area contributed by atoms with E-state index in [4.69, 9.17) is 8.83 Å². The second-order valence-corrected chi connectivity index (χ2v) is 8.34. The van der Waals surface area contributed by atoms with Crippen molar-refractivity contribution in [3.8, 4) is 0 Å². The van der Waals surface area contributed by atoms with E-state index in [1.54, 1.807) is 33.7 Å². The highest BCUT2D eigenvalue weighted by atomic mass is 19.4. The van der Waals surface area contributed by atoms with Gasteiger partial charge in [0.05, 0.1) is 35.7 Å². The number of alkyl halides is 3. The summed E-state index contributed by atoms with van der Waals surface area (Å²) in [6.07, 6.45) is -0.709. The fourth-order valence-electron chi connectivity index (χ4n) is 4.23. The third kappa shape index (κ3) is 4.66. The van der Waals surface area contributed by atoms with Crippen molar-refractivity contribution in [3.63, 3.8) is 0 Å². The molecule has 4 aromatic rings. The number of aromatic nitrogens is 2. The van der Waals surface area contributed by atoms with Crippen LogP contribution < -0.4 is 5.32 Å². The first kappa shape index (κ1) is 22.8. The van der Waals surface area contributed by atoms with Crippen LogP contribution in [0.5, 0.6) is 0 Å². The fourth-order valence-corrected chi connectivity index (χ4v) is 4.23. The van der Waals surface area contributed by atoms with Crippen LogP contribution in [0.25, 0.3) is 11.0 Å². The third-order valence-corrected chi connectivity index (χ3v) is 6.09. The number of rotatable bonds is 5. The summed E-state index contributed by atoms with van der Waals surface area (Å²) in [6, 6.07) is 9.94. The fraction of sp³-hybridized carbons (Fsp3) is 0.292. The van der Waals surface area contributed by atoms with Gasteiger partial charge in [0.25, 0.3) is 5.91 Å². The maximum Gasteiger partial charge on any atom is 0.416 e. The molecule has 35 heavy (non-hydrogen) atoms. The molecule has 1 fully saturated rings. The Labute approximate surface area is 197 Å². The van der Waals surface area contributed by atoms with Crippen molar-refractivity contribution in [3.05, 3.63) is 72.1 Å². The molecule has 0 atom stereocenters. The van der Waals surface area contributed by atoms with E-state index in [1.807, 2.05) is 0 Å². The minimum absolute atomic E-state index is 0.112. The second-order valence-electron chi connectivity index (χ2n) is 8.34. The van der Waals surface area contributed by atoms with Gasteiger partial charge >= 0.3 is 6.18 Å². The van der Waals surface area contributed by atoms with Crippen LogP contribution in [-0.4, -0.2) is 39.4 Å². The standard InChI is InChI=1S/C24H21F3N4O4/c25-24(26,27)16-5-6-19-18(13-16)28-23(31(19)14-17-3-1-11-34-17)29-21(32)15-7-9-30(10-8-15)22(33)20-4-2-12-35-20/h1-6,11-13,15H,7-10,14H2,(H,28,29,32). The third-order valence-electron chi connectivity index (χ3n) is 6.09. The molecule has 1 aromatic carbocycles. The van der Waals surface area contributed by atoms with E-state index in [1.165, 1.54) is 18.6 Å². The van der Waals surface area contributed by atoms with Gasteiger partial charge in [-0.1, -0.05) is 0 Å². The van der Waals surface area contributed by atoms with Gasteiger partial charge in [0.2, 0.25) is 11.9 Å². The maximum atomic E-state index is 13.2. The Balaban J connectivity index is 1.35. The zero-order chi connectivity index (χ0) is 24.6. The SMILES string of the molecule is O=C(Nc1nc2cc(C(F)(F)F)ccc2n1Cc1ccco1)C1CCN(C(=O)c2ccco2)CC1. The largest absolute Gasteiger partial charge is 0.467 e. The Morgan fingerprint density at radius 3 is 2.46 bits per heavy atom. The summed E-state index contributed by atoms with van der Waals surface area (Å²) in [6.45, 7) is 0.950. The van der Waals surface area contributed by atoms with Gasteiger partial charge in [0.15, 0.2) is 5.76 Å². The highest BCUT2D eigenvalue weighted by Gasteiger charge is 2.32. The molecule has 0 spiro atoms. The first-order valence-corrected chi connectivity index (χ1v) is 11.0. The molecule has 0 bridgehead atoms. The number of imidazole rings is 1. The molecule has 1 aliphatic heterocycles. The topological polar surface area (TPSA) is 93.5 Å². The van der Waals surface area contributed by atoms with Gasteiger partial charge < -0.3 is 18.3 Å². The predicted molar refractivity (Wildman–Crippen MR) is 119 cm³/mol. The van der Waals surface area contributed by atoms with Crippen molar-refractivity contribution in [2.45, 2.75) is 25.6 Å². The highest BCUT2D eigenvalue weighted by Crippen LogP contribution is 2.33. The second kappa shape index (κ2) is 8.97. The lowest BCUT2D eigenvalue weighted by atomic mass is 9.96. The van der Waals surface area contributed by atoms with E-state index in [0.29, 0.717) is 37.2 Å². The Morgan fingerprint density at radius 2 is 1.80 bits per heavy atom. The quantitative estimate of drug-likeness (QED) is 0.438. The van der Waals surface area contributed by atoms with Crippen LogP contribution in [0.1, 0.15) is 34.7 Å². The van der Waals surface area contributed by atoms with Crippen molar-refractivity contribution in [2.75, 3.05) is 18.4 Å². The molecule has 8 nitrogen and oxygen atoms in total. The number of hydrogen-bond acceptors (Lipinski definition) is 5. The van der Waals surface area contributed by atoms with Crippen LogP contribution in [0, 0.1) is 5.92 Å². The Kier molecular flexibility index (Phi) is 5.83. The minimum Gasteiger partial charge on any atom is -0.467 e. The van der Waals surface area contributed by atoms with Crippen LogP contribution in [0.15, 0.2) is 63.8 Å². The van der Waals surface area contributed by atoms with Crippen molar-refractivity contribution >= 4 is 28.8 Å². The smallest absolute Gasteiger partial charge is 0.416 e. The van der Waals surface area contributed by atoms with Gasteiger partial charge in [-0.3, -0.25) is 14.9 Å². The number of hydrogen-bond donors (Lipinski definition) is 1. The molecule has 1 saturated heterocycles. The number of furan rings is 2. The maximum absolute atomic E-state index is 13.2. The lowest BCUT2D eigenvalue weighted by molar-refractivity contribution is -0.137. The molecule has 0 radical (unpaired) electrons. The minimum atomic E-state index is -4.51. The van der Waals surface area contributed by atoms with Gasteiger partial charge in [-0.2, -0.15) is 13.2 Å². The molecule has 1 aliphatic rings. The highest BCUT2D eigenvalue weighted by molar-refractivity contribution is 5.94. The molecule has 182 valence electrons. The lowest BCUT2D eigenvalue weighted by Crippen LogP contribution is -2.41. The summed E-state index contributed by atoms with van der Waals surface area (Å²) in [5.41, 5.74) is -0.275.